The van der Waals surface area contributed by atoms with Gasteiger partial charge in [0.15, 0.2) is 4.91 Å². The fourth-order valence-corrected chi connectivity index (χ4v) is 4.56. The van der Waals surface area contributed by atoms with Gasteiger partial charge in [0.25, 0.3) is 0 Å². The van der Waals surface area contributed by atoms with Crippen molar-refractivity contribution in [3.05, 3.63) is 59.2 Å². The van der Waals surface area contributed by atoms with E-state index in [0.717, 1.165) is 29.4 Å². The Hall–Kier alpha value is -3.08. The van der Waals surface area contributed by atoms with Crippen molar-refractivity contribution in [3.63, 3.8) is 0 Å². The van der Waals surface area contributed by atoms with Gasteiger partial charge in [0.2, 0.25) is 10.0 Å². The lowest BCUT2D eigenvalue weighted by Gasteiger charge is -2.29. The van der Waals surface area contributed by atoms with Crippen LogP contribution in [0.25, 0.3) is 27.7 Å². The quantitative estimate of drug-likeness (QED) is 0.619. The second-order valence-corrected chi connectivity index (χ2v) is 9.07. The molecule has 1 aliphatic rings. The maximum absolute atomic E-state index is 11.6. The van der Waals surface area contributed by atoms with Crippen LogP contribution in [0.3, 0.4) is 0 Å². The van der Waals surface area contributed by atoms with Crippen molar-refractivity contribution in [1.82, 2.24) is 0 Å². The SMILES string of the molecule is C/C(=C(/C#N)S(N)(=O)=O)c1ccc(-c2ccc3cc(N4CCCCC4)ccc3c2)o1. The lowest BCUT2D eigenvalue weighted by atomic mass is 10.0. The van der Waals surface area contributed by atoms with Crippen LogP contribution < -0.4 is 10.0 Å². The summed E-state index contributed by atoms with van der Waals surface area (Å²) in [7, 11) is -4.11. The summed E-state index contributed by atoms with van der Waals surface area (Å²) in [6.07, 6.45) is 3.79. The third-order valence-corrected chi connectivity index (χ3v) is 6.50. The number of benzene rings is 2. The number of nitrogens with zero attached hydrogens (tertiary/aromatic N) is 2. The Labute approximate surface area is 176 Å². The average molecular weight is 422 g/mol. The van der Waals surface area contributed by atoms with Crippen molar-refractivity contribution in [2.45, 2.75) is 26.2 Å². The molecule has 154 valence electrons. The average Bonchev–Trinajstić information content (AvgIpc) is 3.23. The number of hydrogen-bond acceptors (Lipinski definition) is 5. The summed E-state index contributed by atoms with van der Waals surface area (Å²) in [5.74, 6) is 0.897. The topological polar surface area (TPSA) is 100 Å². The number of piperidine rings is 1. The molecule has 0 saturated carbocycles. The van der Waals surface area contributed by atoms with Gasteiger partial charge in [-0.3, -0.25) is 0 Å². The third-order valence-electron chi connectivity index (χ3n) is 5.53. The van der Waals surface area contributed by atoms with Gasteiger partial charge in [-0.25, -0.2) is 13.6 Å². The Bertz CT molecular complexity index is 1280. The van der Waals surface area contributed by atoms with Crippen LogP contribution in [0.1, 0.15) is 31.9 Å². The van der Waals surface area contributed by atoms with Crippen LogP contribution in [0, 0.1) is 11.3 Å². The highest BCUT2D eigenvalue weighted by atomic mass is 32.2. The minimum atomic E-state index is -4.11. The minimum absolute atomic E-state index is 0.193. The molecule has 0 unspecified atom stereocenters. The molecule has 0 atom stereocenters. The van der Waals surface area contributed by atoms with E-state index in [9.17, 15) is 8.42 Å². The summed E-state index contributed by atoms with van der Waals surface area (Å²) < 4.78 is 29.0. The van der Waals surface area contributed by atoms with Gasteiger partial charge >= 0.3 is 0 Å². The predicted octanol–water partition coefficient (Wildman–Crippen LogP) is 4.63. The van der Waals surface area contributed by atoms with Gasteiger partial charge in [0.05, 0.1) is 0 Å². The summed E-state index contributed by atoms with van der Waals surface area (Å²) >= 11 is 0. The van der Waals surface area contributed by atoms with E-state index in [0.29, 0.717) is 11.5 Å². The Morgan fingerprint density at radius 1 is 1.03 bits per heavy atom. The molecule has 4 rings (SSSR count). The summed E-state index contributed by atoms with van der Waals surface area (Å²) in [5.41, 5.74) is 2.32. The van der Waals surface area contributed by atoms with E-state index in [2.05, 4.69) is 29.2 Å². The van der Waals surface area contributed by atoms with Crippen molar-refractivity contribution in [3.8, 4) is 17.4 Å². The maximum Gasteiger partial charge on any atom is 0.248 e. The van der Waals surface area contributed by atoms with Crippen LogP contribution in [0.4, 0.5) is 5.69 Å². The van der Waals surface area contributed by atoms with Crippen molar-refractivity contribution >= 4 is 32.1 Å². The van der Waals surface area contributed by atoms with Crippen LogP contribution >= 0.6 is 0 Å². The van der Waals surface area contributed by atoms with Crippen molar-refractivity contribution in [2.24, 2.45) is 5.14 Å². The van der Waals surface area contributed by atoms with E-state index < -0.39 is 14.9 Å². The molecule has 1 fully saturated rings. The number of anilines is 1. The standard InChI is InChI=1S/C23H23N3O3S/c1-16(23(15-24)30(25,27)28)21-9-10-22(29-21)19-6-5-18-14-20(8-7-17(18)13-19)26-11-3-2-4-12-26/h5-10,13-14H,2-4,11-12H2,1H3,(H2,25,27,28)/b23-16+. The number of hydrogen-bond donors (Lipinski definition) is 1. The number of allylic oxidation sites excluding steroid dienone is 2. The highest BCUT2D eigenvalue weighted by Gasteiger charge is 2.19. The number of nitriles is 1. The molecular formula is C23H23N3O3S. The van der Waals surface area contributed by atoms with Gasteiger partial charge in [0.1, 0.15) is 17.6 Å². The number of primary sulfonamides is 1. The fourth-order valence-electron chi connectivity index (χ4n) is 3.90. The number of nitrogens with two attached hydrogens (primary N) is 1. The Balaban J connectivity index is 1.66. The van der Waals surface area contributed by atoms with Crippen molar-refractivity contribution in [2.75, 3.05) is 18.0 Å². The van der Waals surface area contributed by atoms with Gasteiger partial charge in [-0.1, -0.05) is 18.2 Å². The summed E-state index contributed by atoms with van der Waals surface area (Å²) in [6, 6.07) is 17.6. The number of furan rings is 1. The zero-order valence-electron chi connectivity index (χ0n) is 16.8. The normalized spacial score (nSPS) is 15.7. The maximum atomic E-state index is 11.6. The highest BCUT2D eigenvalue weighted by Crippen LogP contribution is 2.31. The zero-order valence-corrected chi connectivity index (χ0v) is 17.6. The first kappa shape index (κ1) is 20.2. The number of fused-ring (bicyclic) bond motifs is 1. The molecular weight excluding hydrogens is 398 g/mol. The molecule has 1 saturated heterocycles. The Kier molecular flexibility index (Phi) is 5.37. The van der Waals surface area contributed by atoms with Gasteiger partial charge in [0, 0.05) is 29.9 Å². The van der Waals surface area contributed by atoms with Crippen molar-refractivity contribution in [1.29, 1.82) is 5.26 Å². The molecule has 0 spiro atoms. The van der Waals surface area contributed by atoms with Crippen LogP contribution in [-0.2, 0) is 10.0 Å². The second kappa shape index (κ2) is 7.98. The molecule has 0 bridgehead atoms. The molecule has 7 heteroatoms. The van der Waals surface area contributed by atoms with Gasteiger partial charge < -0.3 is 9.32 Å². The molecule has 30 heavy (non-hydrogen) atoms. The number of sulfonamides is 1. The van der Waals surface area contributed by atoms with Crippen LogP contribution in [0.15, 0.2) is 57.9 Å². The molecule has 2 N–H and O–H groups in total. The van der Waals surface area contributed by atoms with E-state index in [1.807, 2.05) is 12.1 Å². The summed E-state index contributed by atoms with van der Waals surface area (Å²) in [6.45, 7) is 3.72. The lowest BCUT2D eigenvalue weighted by Crippen LogP contribution is -2.29. The fraction of sp³-hybridized carbons (Fsp3) is 0.261. The predicted molar refractivity (Wildman–Crippen MR) is 119 cm³/mol. The molecule has 2 aromatic carbocycles. The highest BCUT2D eigenvalue weighted by molar-refractivity contribution is 7.93. The van der Waals surface area contributed by atoms with Crippen LogP contribution in [0.5, 0.6) is 0 Å². The molecule has 2 heterocycles. The smallest absolute Gasteiger partial charge is 0.248 e. The molecule has 0 radical (unpaired) electrons. The van der Waals surface area contributed by atoms with Gasteiger partial charge in [-0.05, 0) is 67.3 Å². The van der Waals surface area contributed by atoms with E-state index >= 15 is 0 Å². The van der Waals surface area contributed by atoms with E-state index in [4.69, 9.17) is 14.8 Å². The van der Waals surface area contributed by atoms with Gasteiger partial charge in [-0.15, -0.1) is 0 Å². The molecule has 6 nitrogen and oxygen atoms in total. The third kappa shape index (κ3) is 3.97. The monoisotopic (exact) mass is 421 g/mol. The zero-order chi connectivity index (χ0) is 21.3. The van der Waals surface area contributed by atoms with E-state index in [1.165, 1.54) is 31.9 Å². The largest absolute Gasteiger partial charge is 0.456 e. The molecule has 0 amide bonds. The first-order valence-electron chi connectivity index (χ1n) is 9.90. The molecule has 3 aromatic rings. The first-order chi connectivity index (χ1) is 14.4. The second-order valence-electron chi connectivity index (χ2n) is 7.57. The number of rotatable bonds is 4. The lowest BCUT2D eigenvalue weighted by molar-refractivity contribution is 0.566. The van der Waals surface area contributed by atoms with Gasteiger partial charge in [-0.2, -0.15) is 5.26 Å². The Morgan fingerprint density at radius 2 is 1.73 bits per heavy atom. The van der Waals surface area contributed by atoms with E-state index in [-0.39, 0.29) is 5.57 Å². The van der Waals surface area contributed by atoms with Crippen molar-refractivity contribution < 1.29 is 12.8 Å². The summed E-state index contributed by atoms with van der Waals surface area (Å²) in [4.78, 5) is 1.94. The molecule has 1 aromatic heterocycles. The van der Waals surface area contributed by atoms with Crippen LogP contribution in [0.2, 0.25) is 0 Å². The summed E-state index contributed by atoms with van der Waals surface area (Å²) in [5, 5.41) is 16.5. The van der Waals surface area contributed by atoms with Crippen LogP contribution in [-0.4, -0.2) is 21.5 Å². The molecule has 1 aliphatic heterocycles. The first-order valence-corrected chi connectivity index (χ1v) is 11.4. The minimum Gasteiger partial charge on any atom is -0.456 e. The van der Waals surface area contributed by atoms with E-state index in [1.54, 1.807) is 18.2 Å². The molecule has 0 aliphatic carbocycles. The Morgan fingerprint density at radius 3 is 2.43 bits per heavy atom.